The van der Waals surface area contributed by atoms with Crippen LogP contribution in [0, 0.1) is 0 Å². The third-order valence-corrected chi connectivity index (χ3v) is 7.93. The number of aliphatic hydroxyl groups excluding tert-OH is 4. The highest BCUT2D eigenvalue weighted by Gasteiger charge is 2.57. The summed E-state index contributed by atoms with van der Waals surface area (Å²) >= 11 is 0. The number of hydrogen-bond donors (Lipinski definition) is 6. The van der Waals surface area contributed by atoms with Gasteiger partial charge in [-0.05, 0) is 18.7 Å². The zero-order valence-electron chi connectivity index (χ0n) is 22.4. The zero-order valence-corrected chi connectivity index (χ0v) is 23.2. The summed E-state index contributed by atoms with van der Waals surface area (Å²) in [7, 11) is -2.23. The predicted molar refractivity (Wildman–Crippen MR) is 135 cm³/mol. The number of likely N-dealkylation sites (N-methyl/N-ethyl adjacent to an activating group) is 2. The lowest BCUT2D eigenvalue weighted by atomic mass is 9.97. The van der Waals surface area contributed by atoms with E-state index >= 15 is 0 Å². The van der Waals surface area contributed by atoms with Gasteiger partial charge in [0.25, 0.3) is 0 Å². The van der Waals surface area contributed by atoms with Gasteiger partial charge in [-0.25, -0.2) is 4.18 Å². The smallest absolute Gasteiger partial charge is 0.390 e. The molecule has 0 aromatic rings. The summed E-state index contributed by atoms with van der Waals surface area (Å²) < 4.78 is 54.6. The number of aliphatic hydroxyl groups is 4. The number of nitrogens with zero attached hydrogens (tertiary/aromatic N) is 3. The van der Waals surface area contributed by atoms with Crippen molar-refractivity contribution in [2.24, 2.45) is 5.73 Å². The second-order valence-electron chi connectivity index (χ2n) is 10.5. The second-order valence-corrected chi connectivity index (χ2v) is 11.6. The van der Waals surface area contributed by atoms with Gasteiger partial charge in [0.05, 0.1) is 12.5 Å². The quantitative estimate of drug-likeness (QED) is 0.142. The normalized spacial score (nSPS) is 40.0. The summed E-state index contributed by atoms with van der Waals surface area (Å²) in [5.74, 6) is -1.08. The Morgan fingerprint density at radius 1 is 1.12 bits per heavy atom. The lowest BCUT2D eigenvalue weighted by molar-refractivity contribution is -0.231. The van der Waals surface area contributed by atoms with Gasteiger partial charge in [-0.2, -0.15) is 8.42 Å². The Hall–Kier alpha value is -2.07. The van der Waals surface area contributed by atoms with Crippen LogP contribution >= 0.6 is 0 Å². The highest BCUT2D eigenvalue weighted by Crippen LogP contribution is 2.35. The maximum absolute atomic E-state index is 13.6. The summed E-state index contributed by atoms with van der Waals surface area (Å²) in [5, 5.41) is 43.0. The van der Waals surface area contributed by atoms with Gasteiger partial charge in [0.1, 0.15) is 42.7 Å². The van der Waals surface area contributed by atoms with Gasteiger partial charge in [-0.3, -0.25) is 23.9 Å². The molecule has 0 radical (unpaired) electrons. The minimum atomic E-state index is -5.14. The maximum atomic E-state index is 13.6. The molecule has 0 aliphatic carbocycles. The number of nitrogens with two attached hydrogens (primary N) is 1. The molecule has 11 unspecified atom stereocenters. The van der Waals surface area contributed by atoms with Crippen molar-refractivity contribution >= 4 is 22.2 Å². The molecule has 0 aromatic heterocycles. The molecule has 4 heterocycles. The van der Waals surface area contributed by atoms with Crippen LogP contribution in [0.3, 0.4) is 0 Å². The van der Waals surface area contributed by atoms with E-state index in [0.29, 0.717) is 5.57 Å². The van der Waals surface area contributed by atoms with E-state index in [1.54, 1.807) is 0 Å². The lowest BCUT2D eigenvalue weighted by Crippen LogP contribution is -2.59. The van der Waals surface area contributed by atoms with Crippen LogP contribution in [0.5, 0.6) is 0 Å². The number of amides is 2. The van der Waals surface area contributed by atoms with E-state index in [-0.39, 0.29) is 26.1 Å². The van der Waals surface area contributed by atoms with Crippen molar-refractivity contribution in [3.63, 3.8) is 0 Å². The molecule has 41 heavy (non-hydrogen) atoms. The molecule has 11 atom stereocenters. The number of allylic oxidation sites excluding steroid dienone is 1. The van der Waals surface area contributed by atoms with Gasteiger partial charge in [-0.15, -0.1) is 0 Å². The van der Waals surface area contributed by atoms with Crippen LogP contribution in [0.2, 0.25) is 0 Å². The molecule has 0 saturated carbocycles. The molecule has 4 aliphatic heterocycles. The fraction of sp³-hybridized carbons (Fsp3) is 0.739. The van der Waals surface area contributed by atoms with Crippen LogP contribution in [0.25, 0.3) is 0 Å². The average molecular weight is 609 g/mol. The van der Waals surface area contributed by atoms with E-state index in [4.69, 9.17) is 19.9 Å². The maximum Gasteiger partial charge on any atom is 0.397 e. The fourth-order valence-corrected chi connectivity index (χ4v) is 5.96. The van der Waals surface area contributed by atoms with Crippen molar-refractivity contribution in [2.45, 2.75) is 73.8 Å². The standard InChI is InChI=1S/C23H36N4O13S/c1-10-4-5-27(13(29)6-10)22-17(32)16(31)19(38-22)18(14-21(33)26(3)9-11(28)8-25(14)2)39-23-20(40-41(34,35)36)15(30)12(7-24)37-23/h4-5,11-12,14-20,22-23,28,30-32H,1,6-9,24H2,2-3H3,(H,34,35,36). The second kappa shape index (κ2) is 12.3. The van der Waals surface area contributed by atoms with E-state index in [1.807, 2.05) is 0 Å². The van der Waals surface area contributed by atoms with E-state index in [9.17, 15) is 43.0 Å². The van der Waals surface area contributed by atoms with Gasteiger partial charge in [0.15, 0.2) is 18.6 Å². The SMILES string of the molecule is C=C1C=CN(C2OC(C(OC3OC(CN)C(O)C3OS(=O)(=O)O)C3C(=O)N(C)CC(O)CN3C)C(O)C2O)C(=O)C1. The van der Waals surface area contributed by atoms with E-state index in [1.165, 1.54) is 36.2 Å². The highest BCUT2D eigenvalue weighted by atomic mass is 32.3. The molecule has 0 bridgehead atoms. The van der Waals surface area contributed by atoms with Gasteiger partial charge in [0, 0.05) is 32.9 Å². The molecule has 0 spiro atoms. The Morgan fingerprint density at radius 3 is 2.41 bits per heavy atom. The van der Waals surface area contributed by atoms with E-state index < -0.39 is 89.6 Å². The topological polar surface area (TPSA) is 242 Å². The van der Waals surface area contributed by atoms with E-state index in [0.717, 1.165) is 4.90 Å². The number of β-amino-alcohol motifs (C(OH)–C–C–N with tert-alkyl or cyclic N) is 1. The molecule has 4 rings (SSSR count). The summed E-state index contributed by atoms with van der Waals surface area (Å²) in [5.41, 5.74) is 6.13. The summed E-state index contributed by atoms with van der Waals surface area (Å²) in [6, 6.07) is -1.33. The fourth-order valence-electron chi connectivity index (χ4n) is 5.48. The summed E-state index contributed by atoms with van der Waals surface area (Å²) in [4.78, 5) is 29.9. The van der Waals surface area contributed by atoms with Crippen molar-refractivity contribution in [1.82, 2.24) is 14.7 Å². The first-order chi connectivity index (χ1) is 19.1. The number of rotatable bonds is 8. The average Bonchev–Trinajstić information content (AvgIpc) is 3.29. The van der Waals surface area contributed by atoms with Gasteiger partial charge >= 0.3 is 10.4 Å². The lowest BCUT2D eigenvalue weighted by Gasteiger charge is -2.38. The third-order valence-electron chi connectivity index (χ3n) is 7.46. The van der Waals surface area contributed by atoms with Crippen molar-refractivity contribution in [1.29, 1.82) is 0 Å². The van der Waals surface area contributed by atoms with Gasteiger partial charge < -0.3 is 45.3 Å². The largest absolute Gasteiger partial charge is 0.397 e. The molecule has 4 aliphatic rings. The molecule has 17 nitrogen and oxygen atoms in total. The first-order valence-electron chi connectivity index (χ1n) is 12.8. The van der Waals surface area contributed by atoms with Crippen molar-refractivity contribution in [3.8, 4) is 0 Å². The molecule has 3 fully saturated rings. The van der Waals surface area contributed by atoms with Crippen molar-refractivity contribution in [3.05, 3.63) is 24.4 Å². The summed E-state index contributed by atoms with van der Waals surface area (Å²) in [6.45, 7) is 3.31. The number of carbonyl (C=O) groups excluding carboxylic acids is 2. The van der Waals surface area contributed by atoms with Gasteiger partial charge in [-0.1, -0.05) is 6.58 Å². The Kier molecular flexibility index (Phi) is 9.53. The van der Waals surface area contributed by atoms with Crippen LogP contribution < -0.4 is 5.73 Å². The minimum absolute atomic E-state index is 0.0462. The van der Waals surface area contributed by atoms with Gasteiger partial charge in [0.2, 0.25) is 11.8 Å². The zero-order chi connectivity index (χ0) is 30.4. The number of carbonyl (C=O) groups is 2. The number of hydrogen-bond acceptors (Lipinski definition) is 14. The van der Waals surface area contributed by atoms with Crippen LogP contribution in [-0.4, -0.2) is 161 Å². The first-order valence-corrected chi connectivity index (χ1v) is 14.2. The Labute approximate surface area is 236 Å². The van der Waals surface area contributed by atoms with E-state index in [2.05, 4.69) is 10.8 Å². The van der Waals surface area contributed by atoms with Crippen LogP contribution in [0.4, 0.5) is 0 Å². The molecule has 232 valence electrons. The van der Waals surface area contributed by atoms with Crippen LogP contribution in [0.15, 0.2) is 24.4 Å². The van der Waals surface area contributed by atoms with Crippen molar-refractivity contribution in [2.75, 3.05) is 33.7 Å². The summed E-state index contributed by atoms with van der Waals surface area (Å²) in [6.07, 6.45) is -12.7. The third kappa shape index (κ3) is 6.63. The highest BCUT2D eigenvalue weighted by molar-refractivity contribution is 7.80. The number of ether oxygens (including phenoxy) is 3. The Morgan fingerprint density at radius 2 is 1.80 bits per heavy atom. The molecule has 7 N–H and O–H groups in total. The Balaban J connectivity index is 1.72. The first kappa shape index (κ1) is 31.9. The molecule has 0 aromatic carbocycles. The molecule has 2 amide bonds. The molecular formula is C23H36N4O13S. The van der Waals surface area contributed by atoms with Crippen LogP contribution in [0.1, 0.15) is 6.42 Å². The Bertz CT molecular complexity index is 1150. The monoisotopic (exact) mass is 608 g/mol. The molecular weight excluding hydrogens is 572 g/mol. The van der Waals surface area contributed by atoms with Crippen LogP contribution in [-0.2, 0) is 38.4 Å². The minimum Gasteiger partial charge on any atom is -0.390 e. The van der Waals surface area contributed by atoms with Crippen molar-refractivity contribution < 1.29 is 61.4 Å². The predicted octanol–water partition coefficient (Wildman–Crippen LogP) is -4.51. The molecule has 3 saturated heterocycles. The molecule has 18 heteroatoms.